The lowest BCUT2D eigenvalue weighted by Crippen LogP contribution is -2.43. The predicted octanol–water partition coefficient (Wildman–Crippen LogP) is 3.12. The zero-order chi connectivity index (χ0) is 23.4. The largest absolute Gasteiger partial charge is 0.343 e. The van der Waals surface area contributed by atoms with Gasteiger partial charge in [0.1, 0.15) is 6.04 Å². The highest BCUT2D eigenvalue weighted by Gasteiger charge is 2.47. The van der Waals surface area contributed by atoms with E-state index < -0.39 is 43.3 Å². The summed E-state index contributed by atoms with van der Waals surface area (Å²) >= 11 is 0. The molecule has 6 nitrogen and oxygen atoms in total. The van der Waals surface area contributed by atoms with E-state index in [4.69, 9.17) is 5.26 Å². The molecule has 0 spiro atoms. The molecule has 1 atom stereocenters. The number of pyridine rings is 1. The standard InChI is InChI=1S/C25H18F2N4O2/c26-25(27)12-20(13-28)31(16-25)23(32)15-30-24(33)22-10-11-29-14-19(22)9-8-18-6-3-5-17-4-1-2-7-21(17)18/h1-7,10-11,14,20H,12,15-16H2,(H,30,33)/t20-/m0/s1. The molecule has 0 radical (unpaired) electrons. The van der Waals surface area contributed by atoms with Crippen LogP contribution >= 0.6 is 0 Å². The van der Waals surface area contributed by atoms with Gasteiger partial charge >= 0.3 is 0 Å². The molecule has 2 amide bonds. The lowest BCUT2D eigenvalue weighted by molar-refractivity contribution is -0.131. The molecule has 164 valence electrons. The molecule has 1 aliphatic rings. The van der Waals surface area contributed by atoms with Gasteiger partial charge < -0.3 is 10.2 Å². The maximum Gasteiger partial charge on any atom is 0.268 e. The molecule has 2 aromatic carbocycles. The summed E-state index contributed by atoms with van der Waals surface area (Å²) < 4.78 is 27.2. The first-order valence-corrected chi connectivity index (χ1v) is 10.2. The summed E-state index contributed by atoms with van der Waals surface area (Å²) in [6, 6.07) is 15.5. The fourth-order valence-corrected chi connectivity index (χ4v) is 3.71. The maximum absolute atomic E-state index is 13.6. The van der Waals surface area contributed by atoms with Crippen molar-refractivity contribution in [3.8, 4) is 17.9 Å². The van der Waals surface area contributed by atoms with Crippen LogP contribution in [0.4, 0.5) is 8.78 Å². The molecule has 0 aliphatic carbocycles. The fourth-order valence-electron chi connectivity index (χ4n) is 3.71. The van der Waals surface area contributed by atoms with E-state index >= 15 is 0 Å². The monoisotopic (exact) mass is 444 g/mol. The van der Waals surface area contributed by atoms with Gasteiger partial charge in [0.05, 0.1) is 30.3 Å². The van der Waals surface area contributed by atoms with Crippen LogP contribution in [0.15, 0.2) is 60.9 Å². The molecule has 1 aromatic heterocycles. The van der Waals surface area contributed by atoms with E-state index in [1.54, 1.807) is 6.07 Å². The van der Waals surface area contributed by atoms with E-state index in [1.807, 2.05) is 42.5 Å². The van der Waals surface area contributed by atoms with E-state index in [0.29, 0.717) is 5.56 Å². The quantitative estimate of drug-likeness (QED) is 0.629. The average Bonchev–Trinajstić information content (AvgIpc) is 3.15. The molecule has 8 heteroatoms. The first kappa shape index (κ1) is 21.9. The number of hydrogen-bond acceptors (Lipinski definition) is 4. The van der Waals surface area contributed by atoms with Crippen LogP contribution in [0, 0.1) is 23.2 Å². The number of carbonyl (C=O) groups excluding carboxylic acids is 2. The molecular weight excluding hydrogens is 426 g/mol. The molecule has 0 unspecified atom stereocenters. The lowest BCUT2D eigenvalue weighted by Gasteiger charge is -2.19. The summed E-state index contributed by atoms with van der Waals surface area (Å²) in [5.74, 6) is 1.58. The van der Waals surface area contributed by atoms with Crippen LogP contribution in [0.2, 0.25) is 0 Å². The van der Waals surface area contributed by atoms with Gasteiger partial charge in [0, 0.05) is 24.4 Å². The van der Waals surface area contributed by atoms with Crippen molar-refractivity contribution < 1.29 is 18.4 Å². The molecule has 3 aromatic rings. The van der Waals surface area contributed by atoms with Crippen molar-refractivity contribution in [2.24, 2.45) is 0 Å². The molecule has 0 saturated carbocycles. The van der Waals surface area contributed by atoms with Crippen molar-refractivity contribution in [2.75, 3.05) is 13.1 Å². The average molecular weight is 444 g/mol. The second kappa shape index (κ2) is 9.05. The normalized spacial score (nSPS) is 16.5. The number of alkyl halides is 2. The Morgan fingerprint density at radius 2 is 1.88 bits per heavy atom. The maximum atomic E-state index is 13.6. The van der Waals surface area contributed by atoms with Crippen molar-refractivity contribution in [2.45, 2.75) is 18.4 Å². The highest BCUT2D eigenvalue weighted by Crippen LogP contribution is 2.31. The van der Waals surface area contributed by atoms with Gasteiger partial charge in [-0.15, -0.1) is 0 Å². The smallest absolute Gasteiger partial charge is 0.268 e. The Morgan fingerprint density at radius 3 is 2.70 bits per heavy atom. The second-order valence-corrected chi connectivity index (χ2v) is 7.61. The van der Waals surface area contributed by atoms with Crippen molar-refractivity contribution in [1.29, 1.82) is 5.26 Å². The number of nitriles is 1. The summed E-state index contributed by atoms with van der Waals surface area (Å²) in [6.45, 7) is -1.34. The minimum atomic E-state index is -3.12. The highest BCUT2D eigenvalue weighted by atomic mass is 19.3. The van der Waals surface area contributed by atoms with E-state index in [-0.39, 0.29) is 5.56 Å². The van der Waals surface area contributed by atoms with Gasteiger partial charge in [0.15, 0.2) is 0 Å². The summed E-state index contributed by atoms with van der Waals surface area (Å²) in [5.41, 5.74) is 1.35. The summed E-state index contributed by atoms with van der Waals surface area (Å²) in [5, 5.41) is 13.5. The highest BCUT2D eigenvalue weighted by molar-refractivity contribution is 5.98. The van der Waals surface area contributed by atoms with E-state index in [0.717, 1.165) is 21.2 Å². The number of carbonyl (C=O) groups is 2. The number of hydrogen-bond donors (Lipinski definition) is 1. The number of rotatable bonds is 3. The van der Waals surface area contributed by atoms with E-state index in [1.165, 1.54) is 18.5 Å². The number of aromatic nitrogens is 1. The summed E-state index contributed by atoms with van der Waals surface area (Å²) in [4.78, 5) is 29.9. The molecule has 1 N–H and O–H groups in total. The van der Waals surface area contributed by atoms with Crippen molar-refractivity contribution in [3.05, 3.63) is 77.6 Å². The number of amides is 2. The lowest BCUT2D eigenvalue weighted by atomic mass is 10.0. The summed E-state index contributed by atoms with van der Waals surface area (Å²) in [6.07, 6.45) is 2.16. The zero-order valence-electron chi connectivity index (χ0n) is 17.4. The molecule has 4 rings (SSSR count). The fraction of sp³-hybridized carbons (Fsp3) is 0.200. The van der Waals surface area contributed by atoms with Crippen LogP contribution in [0.1, 0.15) is 27.9 Å². The van der Waals surface area contributed by atoms with Crippen molar-refractivity contribution >= 4 is 22.6 Å². The first-order chi connectivity index (χ1) is 15.9. The number of halogens is 2. The van der Waals surface area contributed by atoms with Crippen LogP contribution in [-0.2, 0) is 4.79 Å². The summed E-state index contributed by atoms with van der Waals surface area (Å²) in [7, 11) is 0. The molecule has 0 bridgehead atoms. The minimum absolute atomic E-state index is 0.203. The molecular formula is C25H18F2N4O2. The van der Waals surface area contributed by atoms with Gasteiger partial charge in [-0.25, -0.2) is 8.78 Å². The van der Waals surface area contributed by atoms with Crippen molar-refractivity contribution in [3.63, 3.8) is 0 Å². The van der Waals surface area contributed by atoms with E-state index in [2.05, 4.69) is 22.1 Å². The van der Waals surface area contributed by atoms with Gasteiger partial charge in [-0.05, 0) is 22.9 Å². The zero-order valence-corrected chi connectivity index (χ0v) is 17.4. The molecule has 2 heterocycles. The first-order valence-electron chi connectivity index (χ1n) is 10.2. The number of likely N-dealkylation sites (tertiary alicyclic amines) is 1. The van der Waals surface area contributed by atoms with Crippen LogP contribution in [-0.4, -0.2) is 46.8 Å². The van der Waals surface area contributed by atoms with Crippen molar-refractivity contribution in [1.82, 2.24) is 15.2 Å². The third-order valence-electron chi connectivity index (χ3n) is 5.33. The number of nitrogens with zero attached hydrogens (tertiary/aromatic N) is 3. The van der Waals surface area contributed by atoms with Gasteiger partial charge in [0.25, 0.3) is 11.8 Å². The molecule has 1 aliphatic heterocycles. The van der Waals surface area contributed by atoms with Crippen LogP contribution in [0.5, 0.6) is 0 Å². The Bertz CT molecular complexity index is 1330. The number of benzene rings is 2. The van der Waals surface area contributed by atoms with Gasteiger partial charge in [0.2, 0.25) is 5.91 Å². The SMILES string of the molecule is N#C[C@@H]1CC(F)(F)CN1C(=O)CNC(=O)c1ccncc1C#Cc1cccc2ccccc12. The van der Waals surface area contributed by atoms with E-state index in [9.17, 15) is 18.4 Å². The third-order valence-corrected chi connectivity index (χ3v) is 5.33. The molecule has 33 heavy (non-hydrogen) atoms. The number of nitrogens with one attached hydrogen (secondary N) is 1. The Balaban J connectivity index is 1.50. The predicted molar refractivity (Wildman–Crippen MR) is 117 cm³/mol. The second-order valence-electron chi connectivity index (χ2n) is 7.61. The number of fused-ring (bicyclic) bond motifs is 1. The third kappa shape index (κ3) is 4.81. The molecule has 1 fully saturated rings. The Kier molecular flexibility index (Phi) is 6.01. The minimum Gasteiger partial charge on any atom is -0.343 e. The van der Waals surface area contributed by atoms with Gasteiger partial charge in [-0.1, -0.05) is 48.2 Å². The van der Waals surface area contributed by atoms with Crippen LogP contribution in [0.25, 0.3) is 10.8 Å². The topological polar surface area (TPSA) is 86.1 Å². The van der Waals surface area contributed by atoms with Crippen LogP contribution in [0.3, 0.4) is 0 Å². The van der Waals surface area contributed by atoms with Gasteiger partial charge in [-0.3, -0.25) is 14.6 Å². The Morgan fingerprint density at radius 1 is 1.12 bits per heavy atom. The Labute approximate surface area is 188 Å². The van der Waals surface area contributed by atoms with Crippen LogP contribution < -0.4 is 5.32 Å². The molecule has 1 saturated heterocycles. The van der Waals surface area contributed by atoms with Gasteiger partial charge in [-0.2, -0.15) is 5.26 Å². The Hall–Kier alpha value is -4.30.